The summed E-state index contributed by atoms with van der Waals surface area (Å²) in [7, 11) is 1.50. The Morgan fingerprint density at radius 2 is 1.77 bits per heavy atom. The Hall–Kier alpha value is -1.63. The minimum absolute atomic E-state index is 0.108. The molecule has 148 valence electrons. The summed E-state index contributed by atoms with van der Waals surface area (Å²) in [5, 5.41) is 2.60. The monoisotopic (exact) mass is 429 g/mol. The van der Waals surface area contributed by atoms with Crippen LogP contribution in [0.5, 0.6) is 0 Å². The van der Waals surface area contributed by atoms with Crippen molar-refractivity contribution in [2.45, 2.75) is 65.9 Å². The topological polar surface area (TPSA) is 71.5 Å². The largest absolute Gasteiger partial charge is 0.444 e. The van der Waals surface area contributed by atoms with E-state index in [1.807, 2.05) is 0 Å². The normalized spacial score (nSPS) is 10.4. The molecule has 7 heteroatoms. The van der Waals surface area contributed by atoms with Gasteiger partial charge in [0.05, 0.1) is 0 Å². The zero-order valence-corrected chi connectivity index (χ0v) is 18.4. The first kappa shape index (κ1) is 24.4. The molecule has 0 spiro atoms. The molecular weight excluding hydrogens is 398 g/mol. The lowest BCUT2D eigenvalue weighted by Crippen LogP contribution is -2.38. The Morgan fingerprint density at radius 3 is 2.23 bits per heavy atom. The summed E-state index contributed by atoms with van der Waals surface area (Å²) < 4.78 is 5.77. The lowest BCUT2D eigenvalue weighted by atomic mass is 10.2. The lowest BCUT2D eigenvalue weighted by Gasteiger charge is -2.24. The van der Waals surface area contributed by atoms with E-state index in [4.69, 9.17) is 4.74 Å². The molecule has 2 amide bonds. The van der Waals surface area contributed by atoms with Crippen molar-refractivity contribution in [1.29, 1.82) is 0 Å². The van der Waals surface area contributed by atoms with E-state index in [1.54, 1.807) is 39.0 Å². The number of likely N-dealkylation sites (N-methyl/N-ethyl adjacent to an activating group) is 1. The van der Waals surface area contributed by atoms with Gasteiger partial charge in [-0.2, -0.15) is 0 Å². The predicted molar refractivity (Wildman–Crippen MR) is 109 cm³/mol. The van der Waals surface area contributed by atoms with Gasteiger partial charge >= 0.3 is 6.09 Å². The van der Waals surface area contributed by atoms with E-state index in [2.05, 4.69) is 40.1 Å². The van der Waals surface area contributed by atoms with E-state index in [0.29, 0.717) is 10.4 Å². The van der Waals surface area contributed by atoms with E-state index in [-0.39, 0.29) is 12.5 Å². The van der Waals surface area contributed by atoms with Gasteiger partial charge in [0.25, 0.3) is 0 Å². The van der Waals surface area contributed by atoms with E-state index >= 15 is 0 Å². The van der Waals surface area contributed by atoms with E-state index in [9.17, 15) is 9.59 Å². The number of ether oxygens (including phenoxy) is 1. The molecule has 0 atom stereocenters. The number of anilines is 1. The number of aromatic nitrogens is 1. The lowest BCUT2D eigenvalue weighted by molar-refractivity contribution is -0.117. The van der Waals surface area contributed by atoms with Gasteiger partial charge in [0.15, 0.2) is 0 Å². The van der Waals surface area contributed by atoms with Crippen LogP contribution in [-0.4, -0.2) is 41.1 Å². The minimum atomic E-state index is -0.590. The molecule has 0 fully saturated rings. The van der Waals surface area contributed by atoms with Crippen LogP contribution in [0.4, 0.5) is 10.6 Å². The summed E-state index contributed by atoms with van der Waals surface area (Å²) in [6.07, 6.45) is 4.99. The predicted octanol–water partition coefficient (Wildman–Crippen LogP) is 5.24. The molecule has 1 heterocycles. The van der Waals surface area contributed by atoms with Crippen molar-refractivity contribution in [3.05, 3.63) is 22.8 Å². The second-order valence-corrected chi connectivity index (χ2v) is 7.75. The highest BCUT2D eigenvalue weighted by Crippen LogP contribution is 2.11. The number of rotatable bonds is 6. The summed E-state index contributed by atoms with van der Waals surface area (Å²) in [6, 6.07) is 5.17. The molecule has 26 heavy (non-hydrogen) atoms. The van der Waals surface area contributed by atoms with Crippen LogP contribution in [0.15, 0.2) is 22.8 Å². The highest BCUT2D eigenvalue weighted by atomic mass is 79.9. The summed E-state index contributed by atoms with van der Waals surface area (Å²) in [4.78, 5) is 28.8. The highest BCUT2D eigenvalue weighted by molar-refractivity contribution is 9.10. The van der Waals surface area contributed by atoms with Gasteiger partial charge in [0.2, 0.25) is 5.91 Å². The number of amides is 2. The fourth-order valence-electron chi connectivity index (χ4n) is 1.78. The maximum Gasteiger partial charge on any atom is 0.410 e. The Bertz CT molecular complexity index is 555. The number of hydrogen-bond acceptors (Lipinski definition) is 4. The number of hydrogen-bond donors (Lipinski definition) is 1. The zero-order valence-electron chi connectivity index (χ0n) is 16.8. The highest BCUT2D eigenvalue weighted by Gasteiger charge is 2.21. The molecule has 0 bridgehead atoms. The molecule has 1 rings (SSSR count). The van der Waals surface area contributed by atoms with Crippen LogP contribution >= 0.6 is 15.9 Å². The Balaban J connectivity index is 0.000000896. The second-order valence-electron chi connectivity index (χ2n) is 6.94. The van der Waals surface area contributed by atoms with E-state index < -0.39 is 11.7 Å². The molecule has 1 N–H and O–H groups in total. The molecule has 1 aromatic rings. The Morgan fingerprint density at radius 1 is 1.19 bits per heavy atom. The molecule has 0 unspecified atom stereocenters. The van der Waals surface area contributed by atoms with Crippen LogP contribution in [0.1, 0.15) is 60.3 Å². The molecule has 0 aliphatic carbocycles. The van der Waals surface area contributed by atoms with Gasteiger partial charge in [-0.05, 0) is 48.8 Å². The molecular formula is C19H32BrN3O3. The van der Waals surface area contributed by atoms with Gasteiger partial charge in [-0.3, -0.25) is 4.79 Å². The average Bonchev–Trinajstić information content (AvgIpc) is 2.51. The third kappa shape index (κ3) is 12.7. The number of halogens is 1. The third-order valence-electron chi connectivity index (χ3n) is 3.03. The smallest absolute Gasteiger partial charge is 0.410 e. The number of unbranched alkanes of at least 4 members (excludes halogenated alkanes) is 3. The first-order valence-corrected chi connectivity index (χ1v) is 9.74. The maximum absolute atomic E-state index is 11.8. The molecule has 1 aromatic heterocycles. The number of nitrogens with one attached hydrogen (secondary N) is 1. The molecule has 0 aliphatic rings. The number of carbonyl (C=O) groups excluding carboxylic acids is 2. The number of nitrogens with zero attached hydrogens (tertiary/aromatic N) is 2. The van der Waals surface area contributed by atoms with Gasteiger partial charge < -0.3 is 15.0 Å². The molecule has 0 saturated carbocycles. The van der Waals surface area contributed by atoms with Gasteiger partial charge in [-0.1, -0.05) is 45.6 Å². The summed E-state index contributed by atoms with van der Waals surface area (Å²) in [5.41, 5.74) is -0.590. The standard InChI is InChI=1S/C13H18BrN3O3.C6H14/c1-13(2,3)20-12(19)17(4)8-11(18)16-10-7-5-6-9(14)15-10;1-3-5-6-4-2/h5-7H,8H2,1-4H3,(H,15,16,18);3-6H2,1-2H3. The zero-order chi connectivity index (χ0) is 20.2. The van der Waals surface area contributed by atoms with Crippen molar-refractivity contribution in [2.24, 2.45) is 0 Å². The van der Waals surface area contributed by atoms with E-state index in [1.165, 1.54) is 37.6 Å². The van der Waals surface area contributed by atoms with Crippen LogP contribution < -0.4 is 5.32 Å². The fourth-order valence-corrected chi connectivity index (χ4v) is 2.12. The van der Waals surface area contributed by atoms with Crippen LogP contribution in [0.25, 0.3) is 0 Å². The van der Waals surface area contributed by atoms with Gasteiger partial charge in [0.1, 0.15) is 22.6 Å². The van der Waals surface area contributed by atoms with Crippen molar-refractivity contribution in [2.75, 3.05) is 18.9 Å². The van der Waals surface area contributed by atoms with Crippen molar-refractivity contribution in [1.82, 2.24) is 9.88 Å². The summed E-state index contributed by atoms with van der Waals surface area (Å²) in [6.45, 7) is 9.66. The van der Waals surface area contributed by atoms with Crippen molar-refractivity contribution < 1.29 is 14.3 Å². The van der Waals surface area contributed by atoms with Crippen LogP contribution in [-0.2, 0) is 9.53 Å². The molecule has 0 aromatic carbocycles. The first-order valence-electron chi connectivity index (χ1n) is 8.95. The van der Waals surface area contributed by atoms with Crippen molar-refractivity contribution in [3.8, 4) is 0 Å². The summed E-state index contributed by atoms with van der Waals surface area (Å²) >= 11 is 3.21. The van der Waals surface area contributed by atoms with Crippen LogP contribution in [0.2, 0.25) is 0 Å². The van der Waals surface area contributed by atoms with Gasteiger partial charge in [0, 0.05) is 7.05 Å². The van der Waals surface area contributed by atoms with Crippen molar-refractivity contribution >= 4 is 33.7 Å². The van der Waals surface area contributed by atoms with Gasteiger partial charge in [-0.25, -0.2) is 9.78 Å². The molecule has 6 nitrogen and oxygen atoms in total. The number of pyridine rings is 1. The summed E-state index contributed by atoms with van der Waals surface area (Å²) in [5.74, 6) is 0.0749. The first-order chi connectivity index (χ1) is 12.1. The maximum atomic E-state index is 11.8. The second kappa shape index (κ2) is 12.7. The quantitative estimate of drug-likeness (QED) is 0.495. The molecule has 0 saturated heterocycles. The van der Waals surface area contributed by atoms with Crippen LogP contribution in [0, 0.1) is 0 Å². The number of carbonyl (C=O) groups is 2. The Labute approximate surface area is 165 Å². The van der Waals surface area contributed by atoms with E-state index in [0.717, 1.165) is 0 Å². The molecule has 0 aliphatic heterocycles. The third-order valence-corrected chi connectivity index (χ3v) is 3.47. The minimum Gasteiger partial charge on any atom is -0.444 e. The average molecular weight is 430 g/mol. The van der Waals surface area contributed by atoms with Crippen LogP contribution in [0.3, 0.4) is 0 Å². The fraction of sp³-hybridized carbons (Fsp3) is 0.632. The van der Waals surface area contributed by atoms with Gasteiger partial charge in [-0.15, -0.1) is 0 Å². The SMILES string of the molecule is CCCCCC.CN(CC(=O)Nc1cccc(Br)n1)C(=O)OC(C)(C)C. The van der Waals surface area contributed by atoms with Crippen molar-refractivity contribution in [3.63, 3.8) is 0 Å². The Kier molecular flexibility index (Phi) is 11.9. The molecule has 0 radical (unpaired) electrons.